The number of pyridine rings is 1. The van der Waals surface area contributed by atoms with E-state index in [0.29, 0.717) is 67.4 Å². The van der Waals surface area contributed by atoms with Gasteiger partial charge in [-0.15, -0.1) is 0 Å². The van der Waals surface area contributed by atoms with Crippen molar-refractivity contribution >= 4 is 40.6 Å². The summed E-state index contributed by atoms with van der Waals surface area (Å²) in [4.78, 5) is 46.8. The molecule has 0 bridgehead atoms. The van der Waals surface area contributed by atoms with Gasteiger partial charge >= 0.3 is 0 Å². The Balaban J connectivity index is 0.890. The molecule has 15 nitrogen and oxygen atoms in total. The molecule has 0 aliphatic carbocycles. The van der Waals surface area contributed by atoms with Crippen LogP contribution < -0.4 is 27.8 Å². The summed E-state index contributed by atoms with van der Waals surface area (Å²) in [5.41, 5.74) is 21.5. The second-order valence-electron chi connectivity index (χ2n) is 16.1. The molecule has 2 atom stereocenters. The zero-order valence-corrected chi connectivity index (χ0v) is 33.9. The topological polar surface area (TPSA) is 210 Å². The number of benzene rings is 2. The summed E-state index contributed by atoms with van der Waals surface area (Å²) in [5.74, 6) is -0.179. The Hall–Kier alpha value is -6.13. The minimum atomic E-state index is -1.37. The van der Waals surface area contributed by atoms with Gasteiger partial charge in [-0.05, 0) is 67.8 Å². The molecule has 9 N–H and O–H groups in total. The van der Waals surface area contributed by atoms with Gasteiger partial charge in [0.25, 0.3) is 5.91 Å². The van der Waals surface area contributed by atoms with Crippen LogP contribution in [0.4, 0.5) is 10.1 Å². The number of piperidine rings is 2. The number of rotatable bonds is 13. The highest BCUT2D eigenvalue weighted by molar-refractivity contribution is 5.94. The fourth-order valence-electron chi connectivity index (χ4n) is 8.49. The molecule has 3 amide bonds. The summed E-state index contributed by atoms with van der Waals surface area (Å²) in [5, 5.41) is 16.5. The first kappa shape index (κ1) is 42.0. The van der Waals surface area contributed by atoms with E-state index >= 15 is 4.39 Å². The van der Waals surface area contributed by atoms with Gasteiger partial charge in [0.2, 0.25) is 12.3 Å². The van der Waals surface area contributed by atoms with Crippen LogP contribution in [0.2, 0.25) is 0 Å². The molecule has 2 aromatic carbocycles. The van der Waals surface area contributed by atoms with E-state index in [1.54, 1.807) is 53.6 Å². The van der Waals surface area contributed by atoms with Crippen LogP contribution in [0.1, 0.15) is 72.7 Å². The number of hydrogen-bond acceptors (Lipinski definition) is 11. The summed E-state index contributed by atoms with van der Waals surface area (Å²) in [6.07, 6.45) is 8.03. The average Bonchev–Trinajstić information content (AvgIpc) is 3.67. The summed E-state index contributed by atoms with van der Waals surface area (Å²) in [7, 11) is 0. The average molecular weight is 823 g/mol. The Labute approximate surface area is 349 Å². The number of anilines is 1. The molecule has 5 heterocycles. The zero-order valence-electron chi connectivity index (χ0n) is 33.9. The van der Waals surface area contributed by atoms with Crippen LogP contribution in [-0.2, 0) is 14.3 Å². The highest BCUT2D eigenvalue weighted by Gasteiger charge is 2.39. The Morgan fingerprint density at radius 1 is 1.03 bits per heavy atom. The van der Waals surface area contributed by atoms with Gasteiger partial charge in [0.15, 0.2) is 0 Å². The SMILES string of the molecule is CC1COC(c2ccc(C(=O)N3CCC(F)(CN4CCC(n5ccc6cc(NC(=O)CCNC=O)cnc65)CC4)CC3)cc2)CN1C(/C=C(\N)c1ccccc1O)=C(N)N. The maximum absolute atomic E-state index is 16.3. The number of aromatic nitrogens is 2. The third-order valence-electron chi connectivity index (χ3n) is 11.9. The lowest BCUT2D eigenvalue weighted by molar-refractivity contribution is -0.116. The Morgan fingerprint density at radius 2 is 1.77 bits per heavy atom. The number of alkyl halides is 1. The second-order valence-corrected chi connectivity index (χ2v) is 16.1. The fourth-order valence-corrected chi connectivity index (χ4v) is 8.49. The number of hydrogen-bond donors (Lipinski definition) is 6. The van der Waals surface area contributed by atoms with Crippen molar-refractivity contribution in [1.29, 1.82) is 0 Å². The summed E-state index contributed by atoms with van der Waals surface area (Å²) in [6, 6.07) is 18.2. The molecule has 3 fully saturated rings. The molecule has 0 saturated carbocycles. The molecule has 0 radical (unpaired) electrons. The van der Waals surface area contributed by atoms with E-state index < -0.39 is 5.67 Å². The molecule has 3 aliphatic rings. The third kappa shape index (κ3) is 9.66. The van der Waals surface area contributed by atoms with Crippen LogP contribution in [-0.4, -0.2) is 112 Å². The number of morpholine rings is 1. The molecule has 7 rings (SSSR count). The van der Waals surface area contributed by atoms with Crippen molar-refractivity contribution in [2.24, 2.45) is 17.2 Å². The highest BCUT2D eigenvalue weighted by Crippen LogP contribution is 2.34. The number of fused-ring (bicyclic) bond motifs is 1. The number of phenols is 1. The molecular weight excluding hydrogens is 768 g/mol. The number of nitrogens with two attached hydrogens (primary N) is 3. The van der Waals surface area contributed by atoms with Crippen LogP contribution in [0.25, 0.3) is 16.7 Å². The van der Waals surface area contributed by atoms with E-state index in [2.05, 4.69) is 25.1 Å². The van der Waals surface area contributed by atoms with Crippen molar-refractivity contribution in [2.45, 2.75) is 62.9 Å². The monoisotopic (exact) mass is 822 g/mol. The molecular formula is C44H55FN10O5. The minimum Gasteiger partial charge on any atom is -0.507 e. The highest BCUT2D eigenvalue weighted by atomic mass is 19.1. The van der Waals surface area contributed by atoms with Crippen LogP contribution >= 0.6 is 0 Å². The summed E-state index contributed by atoms with van der Waals surface area (Å²) >= 11 is 0. The van der Waals surface area contributed by atoms with E-state index in [9.17, 15) is 19.5 Å². The number of nitrogens with zero attached hydrogens (tertiary/aromatic N) is 5. The first-order valence-corrected chi connectivity index (χ1v) is 20.5. The lowest BCUT2D eigenvalue weighted by atomic mass is 9.91. The maximum Gasteiger partial charge on any atom is 0.253 e. The van der Waals surface area contributed by atoms with Gasteiger partial charge in [-0.25, -0.2) is 9.37 Å². The van der Waals surface area contributed by atoms with Crippen LogP contribution in [0.3, 0.4) is 0 Å². The molecule has 2 aromatic heterocycles. The van der Waals surface area contributed by atoms with Crippen molar-refractivity contribution in [1.82, 2.24) is 29.6 Å². The van der Waals surface area contributed by atoms with Crippen molar-refractivity contribution in [3.8, 4) is 5.75 Å². The molecule has 3 aliphatic heterocycles. The van der Waals surface area contributed by atoms with Crippen molar-refractivity contribution in [2.75, 3.05) is 57.7 Å². The Kier molecular flexibility index (Phi) is 12.9. The van der Waals surface area contributed by atoms with Gasteiger partial charge in [0.05, 0.1) is 24.2 Å². The van der Waals surface area contributed by atoms with Crippen molar-refractivity contribution in [3.63, 3.8) is 0 Å². The van der Waals surface area contributed by atoms with Crippen molar-refractivity contribution in [3.05, 3.63) is 107 Å². The fraction of sp³-hybridized carbons (Fsp3) is 0.409. The van der Waals surface area contributed by atoms with E-state index in [1.165, 1.54) is 0 Å². The van der Waals surface area contributed by atoms with E-state index in [0.717, 1.165) is 42.5 Å². The molecule has 3 saturated heterocycles. The van der Waals surface area contributed by atoms with E-state index in [-0.39, 0.29) is 67.4 Å². The first-order chi connectivity index (χ1) is 28.9. The number of ether oxygens (including phenoxy) is 1. The number of aromatic hydroxyl groups is 1. The molecule has 0 spiro atoms. The van der Waals surface area contributed by atoms with Gasteiger partial charge in [-0.3, -0.25) is 14.4 Å². The quantitative estimate of drug-likeness (QED) is 0.0646. The first-order valence-electron chi connectivity index (χ1n) is 20.5. The Bertz CT molecular complexity index is 2220. The number of amides is 3. The summed E-state index contributed by atoms with van der Waals surface area (Å²) < 4.78 is 24.7. The Morgan fingerprint density at radius 3 is 2.47 bits per heavy atom. The van der Waals surface area contributed by atoms with E-state index in [4.69, 9.17) is 21.9 Å². The van der Waals surface area contributed by atoms with E-state index in [1.807, 2.05) is 42.3 Å². The molecule has 2 unspecified atom stereocenters. The number of allylic oxidation sites excluding steroid dienone is 1. The lowest BCUT2D eigenvalue weighted by Gasteiger charge is -2.41. The number of phenolic OH excluding ortho intramolecular Hbond substituents is 1. The maximum atomic E-state index is 16.3. The number of likely N-dealkylation sites (tertiary alicyclic amines) is 2. The molecule has 4 aromatic rings. The number of carbonyl (C=O) groups is 3. The van der Waals surface area contributed by atoms with Gasteiger partial charge in [0.1, 0.15) is 29.0 Å². The zero-order chi connectivity index (χ0) is 42.4. The van der Waals surface area contributed by atoms with Crippen molar-refractivity contribution < 1.29 is 28.6 Å². The smallest absolute Gasteiger partial charge is 0.253 e. The number of nitrogens with one attached hydrogen (secondary N) is 2. The third-order valence-corrected chi connectivity index (χ3v) is 11.9. The molecule has 16 heteroatoms. The van der Waals surface area contributed by atoms with Gasteiger partial charge < -0.3 is 56.9 Å². The van der Waals surface area contributed by atoms with Crippen LogP contribution in [0, 0.1) is 0 Å². The molecule has 60 heavy (non-hydrogen) atoms. The number of carbonyl (C=O) groups excluding carboxylic acids is 3. The largest absolute Gasteiger partial charge is 0.507 e. The number of para-hydroxylation sites is 1. The predicted molar refractivity (Wildman–Crippen MR) is 228 cm³/mol. The normalized spacial score (nSPS) is 20.1. The predicted octanol–water partition coefficient (Wildman–Crippen LogP) is 3.95. The van der Waals surface area contributed by atoms with Crippen LogP contribution in [0.15, 0.2) is 90.7 Å². The molecule has 318 valence electrons. The lowest BCUT2D eigenvalue weighted by Crippen LogP contribution is -2.51. The van der Waals surface area contributed by atoms with Gasteiger partial charge in [0, 0.05) is 106 Å². The van der Waals surface area contributed by atoms with Crippen LogP contribution in [0.5, 0.6) is 5.75 Å². The van der Waals surface area contributed by atoms with Gasteiger partial charge in [-0.2, -0.15) is 0 Å². The van der Waals surface area contributed by atoms with Gasteiger partial charge in [-0.1, -0.05) is 24.3 Å². The number of halogens is 1. The second kappa shape index (κ2) is 18.4. The standard InChI is InChI=1S/C44H55FN10O5/c1-29-26-60-39(25-55(29)37(41(47)48)23-36(46)35-4-2-3-5-38(35)57)30-6-8-31(9-7-30)43(59)53-20-14-44(45,15-21-53)27-52-17-12-34(13-18-52)54-19-11-32-22-33(24-50-42(32)54)51-40(58)10-16-49-28-56/h2-9,11,19,22-24,28-29,34,39,57H,10,12-18,20-21,25-27,46-48H2,1H3,(H,49,56)(H,51,58)/b36-23-. The summed E-state index contributed by atoms with van der Waals surface area (Å²) in [6.45, 7) is 5.66. The minimum absolute atomic E-state index is 0.0523.